The highest BCUT2D eigenvalue weighted by molar-refractivity contribution is 5.04. The van der Waals surface area contributed by atoms with Gasteiger partial charge in [-0.25, -0.2) is 0 Å². The zero-order valence-corrected chi connectivity index (χ0v) is 11.2. The Balaban J connectivity index is 1.60. The number of hydrogen-bond donors (Lipinski definition) is 2. The molecule has 1 saturated carbocycles. The summed E-state index contributed by atoms with van der Waals surface area (Å²) >= 11 is 0. The number of furan rings is 1. The molecule has 3 unspecified atom stereocenters. The first kappa shape index (κ1) is 12.2. The van der Waals surface area contributed by atoms with E-state index < -0.39 is 0 Å². The first-order chi connectivity index (χ1) is 8.84. The Bertz CT molecular complexity index is 357. The molecule has 0 bridgehead atoms. The molecule has 3 rings (SSSR count). The summed E-state index contributed by atoms with van der Waals surface area (Å²) in [4.78, 5) is 0. The van der Waals surface area contributed by atoms with Gasteiger partial charge in [-0.1, -0.05) is 6.42 Å². The van der Waals surface area contributed by atoms with E-state index in [0.29, 0.717) is 12.1 Å². The zero-order chi connectivity index (χ0) is 12.4. The molecular weight excluding hydrogens is 224 g/mol. The third kappa shape index (κ3) is 2.47. The summed E-state index contributed by atoms with van der Waals surface area (Å²) in [7, 11) is 0. The summed E-state index contributed by atoms with van der Waals surface area (Å²) in [6.45, 7) is 3.41. The molecule has 3 nitrogen and oxygen atoms in total. The van der Waals surface area contributed by atoms with E-state index in [1.807, 2.05) is 6.07 Å². The second-order valence-corrected chi connectivity index (χ2v) is 5.81. The Morgan fingerprint density at radius 2 is 2.28 bits per heavy atom. The normalized spacial score (nSPS) is 33.9. The maximum atomic E-state index is 5.49. The van der Waals surface area contributed by atoms with Crippen molar-refractivity contribution in [1.29, 1.82) is 0 Å². The van der Waals surface area contributed by atoms with Crippen LogP contribution in [0.2, 0.25) is 0 Å². The first-order valence-corrected chi connectivity index (χ1v) is 7.37. The van der Waals surface area contributed by atoms with Gasteiger partial charge in [0.05, 0.1) is 12.3 Å². The van der Waals surface area contributed by atoms with Crippen molar-refractivity contribution in [1.82, 2.24) is 10.6 Å². The largest absolute Gasteiger partial charge is 0.468 e. The van der Waals surface area contributed by atoms with Crippen LogP contribution in [-0.4, -0.2) is 18.6 Å². The average Bonchev–Trinajstić information content (AvgIpc) is 3.11. The Morgan fingerprint density at radius 3 is 3.00 bits per heavy atom. The van der Waals surface area contributed by atoms with E-state index in [4.69, 9.17) is 4.42 Å². The predicted octanol–water partition coefficient (Wildman–Crippen LogP) is 2.85. The van der Waals surface area contributed by atoms with Crippen molar-refractivity contribution >= 4 is 0 Å². The molecule has 3 heteroatoms. The maximum Gasteiger partial charge on any atom is 0.120 e. The minimum atomic E-state index is 0.326. The number of rotatable bonds is 4. The zero-order valence-electron chi connectivity index (χ0n) is 11.2. The van der Waals surface area contributed by atoms with E-state index >= 15 is 0 Å². The van der Waals surface area contributed by atoms with Crippen molar-refractivity contribution in [3.8, 4) is 0 Å². The summed E-state index contributed by atoms with van der Waals surface area (Å²) in [5.41, 5.74) is 0. The Kier molecular flexibility index (Phi) is 3.71. The maximum absolute atomic E-state index is 5.49. The first-order valence-electron chi connectivity index (χ1n) is 7.37. The molecule has 1 aliphatic heterocycles. The van der Waals surface area contributed by atoms with E-state index in [9.17, 15) is 0 Å². The van der Waals surface area contributed by atoms with Crippen LogP contribution in [0.4, 0.5) is 0 Å². The molecule has 1 aromatic rings. The third-order valence-corrected chi connectivity index (χ3v) is 4.62. The van der Waals surface area contributed by atoms with Gasteiger partial charge in [0.1, 0.15) is 5.76 Å². The number of nitrogens with one attached hydrogen (secondary N) is 2. The molecule has 0 radical (unpaired) electrons. The lowest BCUT2D eigenvalue weighted by Gasteiger charge is -2.28. The lowest BCUT2D eigenvalue weighted by molar-refractivity contribution is 0.290. The fourth-order valence-corrected chi connectivity index (χ4v) is 3.70. The van der Waals surface area contributed by atoms with Crippen molar-refractivity contribution in [2.75, 3.05) is 6.54 Å². The molecule has 0 spiro atoms. The molecule has 2 N–H and O–H groups in total. The van der Waals surface area contributed by atoms with Crippen molar-refractivity contribution in [2.24, 2.45) is 5.92 Å². The highest BCUT2D eigenvalue weighted by Gasteiger charge is 2.35. The summed E-state index contributed by atoms with van der Waals surface area (Å²) in [5, 5.41) is 7.45. The topological polar surface area (TPSA) is 37.2 Å². The van der Waals surface area contributed by atoms with Crippen LogP contribution < -0.4 is 10.6 Å². The summed E-state index contributed by atoms with van der Waals surface area (Å²) < 4.78 is 5.49. The molecule has 4 atom stereocenters. The van der Waals surface area contributed by atoms with E-state index in [-0.39, 0.29) is 0 Å². The highest BCUT2D eigenvalue weighted by Crippen LogP contribution is 2.33. The van der Waals surface area contributed by atoms with Gasteiger partial charge in [-0.05, 0) is 57.2 Å². The van der Waals surface area contributed by atoms with Crippen LogP contribution in [0.1, 0.15) is 50.8 Å². The molecule has 18 heavy (non-hydrogen) atoms. The van der Waals surface area contributed by atoms with Crippen molar-refractivity contribution in [2.45, 2.75) is 57.2 Å². The molecule has 0 aromatic carbocycles. The molecule has 1 aromatic heterocycles. The van der Waals surface area contributed by atoms with Crippen molar-refractivity contribution < 1.29 is 4.42 Å². The van der Waals surface area contributed by atoms with Gasteiger partial charge in [0.25, 0.3) is 0 Å². The Labute approximate surface area is 109 Å². The third-order valence-electron chi connectivity index (χ3n) is 4.62. The summed E-state index contributed by atoms with van der Waals surface area (Å²) in [5.74, 6) is 1.87. The van der Waals surface area contributed by atoms with Gasteiger partial charge in [-0.3, -0.25) is 0 Å². The van der Waals surface area contributed by atoms with Crippen molar-refractivity contribution in [3.05, 3.63) is 24.2 Å². The van der Waals surface area contributed by atoms with Crippen LogP contribution in [0, 0.1) is 5.92 Å². The van der Waals surface area contributed by atoms with Crippen LogP contribution in [0.25, 0.3) is 0 Å². The van der Waals surface area contributed by atoms with Crippen LogP contribution >= 0.6 is 0 Å². The fourth-order valence-electron chi connectivity index (χ4n) is 3.70. The van der Waals surface area contributed by atoms with E-state index in [1.165, 1.54) is 38.6 Å². The second-order valence-electron chi connectivity index (χ2n) is 5.81. The fraction of sp³-hybridized carbons (Fsp3) is 0.733. The van der Waals surface area contributed by atoms with E-state index in [2.05, 4.69) is 23.6 Å². The van der Waals surface area contributed by atoms with E-state index in [1.54, 1.807) is 6.26 Å². The molecule has 1 saturated heterocycles. The van der Waals surface area contributed by atoms with Gasteiger partial charge >= 0.3 is 0 Å². The Hall–Kier alpha value is -0.800. The molecular formula is C15H24N2O. The molecule has 2 aliphatic rings. The van der Waals surface area contributed by atoms with Crippen molar-refractivity contribution in [3.63, 3.8) is 0 Å². The number of hydrogen-bond acceptors (Lipinski definition) is 3. The van der Waals surface area contributed by atoms with Crippen LogP contribution in [-0.2, 0) is 0 Å². The SMILES string of the molecule is C[C@@H](NC1CCCC1C1CCCN1)c1ccco1. The molecule has 2 fully saturated rings. The lowest BCUT2D eigenvalue weighted by atomic mass is 9.92. The minimum Gasteiger partial charge on any atom is -0.468 e. The lowest BCUT2D eigenvalue weighted by Crippen LogP contribution is -2.42. The quantitative estimate of drug-likeness (QED) is 0.860. The van der Waals surface area contributed by atoms with Gasteiger partial charge in [0.15, 0.2) is 0 Å². The molecule has 100 valence electrons. The predicted molar refractivity (Wildman–Crippen MR) is 72.4 cm³/mol. The summed E-state index contributed by atoms with van der Waals surface area (Å²) in [6.07, 6.45) is 8.53. The van der Waals surface area contributed by atoms with Gasteiger partial charge in [0.2, 0.25) is 0 Å². The molecule has 1 aliphatic carbocycles. The monoisotopic (exact) mass is 248 g/mol. The summed E-state index contributed by atoms with van der Waals surface area (Å²) in [6, 6.07) is 5.76. The van der Waals surface area contributed by atoms with Gasteiger partial charge in [-0.15, -0.1) is 0 Å². The van der Waals surface area contributed by atoms with E-state index in [0.717, 1.165) is 17.7 Å². The van der Waals surface area contributed by atoms with Crippen LogP contribution in [0.3, 0.4) is 0 Å². The average molecular weight is 248 g/mol. The molecule has 2 heterocycles. The molecule has 0 amide bonds. The highest BCUT2D eigenvalue weighted by atomic mass is 16.3. The van der Waals surface area contributed by atoms with Gasteiger partial charge in [-0.2, -0.15) is 0 Å². The minimum absolute atomic E-state index is 0.326. The Morgan fingerprint density at radius 1 is 1.33 bits per heavy atom. The van der Waals surface area contributed by atoms with Gasteiger partial charge < -0.3 is 15.1 Å². The van der Waals surface area contributed by atoms with Crippen LogP contribution in [0.15, 0.2) is 22.8 Å². The smallest absolute Gasteiger partial charge is 0.120 e. The van der Waals surface area contributed by atoms with Crippen LogP contribution in [0.5, 0.6) is 0 Å². The standard InChI is InChI=1S/C15H24N2O/c1-11(15-8-4-10-18-15)17-14-6-2-5-12(14)13-7-3-9-16-13/h4,8,10-14,16-17H,2-3,5-7,9H2,1H3/t11-,12?,13?,14?/m1/s1. The van der Waals surface area contributed by atoms with Gasteiger partial charge in [0, 0.05) is 12.1 Å². The second kappa shape index (κ2) is 5.45.